The van der Waals surface area contributed by atoms with Gasteiger partial charge in [0.05, 0.1) is 12.6 Å². The quantitative estimate of drug-likeness (QED) is 0.698. The second-order valence-electron chi connectivity index (χ2n) is 4.00. The zero-order valence-corrected chi connectivity index (χ0v) is 8.78. The van der Waals surface area contributed by atoms with Crippen LogP contribution in [-0.4, -0.2) is 43.2 Å². The van der Waals surface area contributed by atoms with Gasteiger partial charge in [0.25, 0.3) is 0 Å². The molecule has 2 aliphatic heterocycles. The third-order valence-electron chi connectivity index (χ3n) is 3.29. The van der Waals surface area contributed by atoms with E-state index in [9.17, 15) is 0 Å². The Labute approximate surface area is 85.1 Å². The highest BCUT2D eigenvalue weighted by molar-refractivity contribution is 5.80. The van der Waals surface area contributed by atoms with Crippen LogP contribution in [0.1, 0.15) is 19.8 Å². The van der Waals surface area contributed by atoms with Gasteiger partial charge in [0, 0.05) is 19.8 Å². The van der Waals surface area contributed by atoms with Crippen molar-refractivity contribution in [3.8, 4) is 0 Å². The number of ether oxygens (including phenoxy) is 1. The fourth-order valence-electron chi connectivity index (χ4n) is 2.45. The molecule has 0 aromatic rings. The van der Waals surface area contributed by atoms with Crippen molar-refractivity contribution in [1.29, 1.82) is 0 Å². The van der Waals surface area contributed by atoms with Crippen molar-refractivity contribution in [2.75, 3.05) is 26.3 Å². The Morgan fingerprint density at radius 2 is 2.21 bits per heavy atom. The van der Waals surface area contributed by atoms with E-state index in [-0.39, 0.29) is 0 Å². The lowest BCUT2D eigenvalue weighted by Gasteiger charge is -2.33. The van der Waals surface area contributed by atoms with Gasteiger partial charge in [-0.15, -0.1) is 0 Å². The zero-order valence-electron chi connectivity index (χ0n) is 8.78. The maximum absolute atomic E-state index is 5.83. The second-order valence-corrected chi connectivity index (χ2v) is 4.00. The Kier molecular flexibility index (Phi) is 2.91. The Balaban J connectivity index is 1.97. The predicted molar refractivity (Wildman–Crippen MR) is 56.2 cm³/mol. The number of aliphatic imine (C=N–C) groups is 1. The predicted octanol–water partition coefficient (Wildman–Crippen LogP) is 0.432. The first-order valence-electron chi connectivity index (χ1n) is 5.47. The smallest absolute Gasteiger partial charge is 0.191 e. The summed E-state index contributed by atoms with van der Waals surface area (Å²) in [6.45, 7) is 5.79. The summed E-state index contributed by atoms with van der Waals surface area (Å²) in [6, 6.07) is 0.531. The molecule has 2 rings (SSSR count). The van der Waals surface area contributed by atoms with E-state index in [1.807, 2.05) is 0 Å². The van der Waals surface area contributed by atoms with Crippen LogP contribution < -0.4 is 5.73 Å². The van der Waals surface area contributed by atoms with Gasteiger partial charge < -0.3 is 15.4 Å². The van der Waals surface area contributed by atoms with Crippen LogP contribution in [0.15, 0.2) is 4.99 Å². The lowest BCUT2D eigenvalue weighted by atomic mass is 9.91. The van der Waals surface area contributed by atoms with Crippen LogP contribution in [-0.2, 0) is 4.74 Å². The lowest BCUT2D eigenvalue weighted by Crippen LogP contribution is -2.45. The molecule has 4 heteroatoms. The molecule has 80 valence electrons. The summed E-state index contributed by atoms with van der Waals surface area (Å²) in [6.07, 6.45) is 2.31. The number of hydrogen-bond donors (Lipinski definition) is 1. The normalized spacial score (nSPS) is 29.4. The minimum absolute atomic E-state index is 0.531. The molecule has 0 aliphatic carbocycles. The second kappa shape index (κ2) is 4.17. The SMILES string of the molecule is CCN1C(N)=NCC1C1CCOCC1. The van der Waals surface area contributed by atoms with Gasteiger partial charge in [0.2, 0.25) is 0 Å². The van der Waals surface area contributed by atoms with Gasteiger partial charge in [-0.2, -0.15) is 0 Å². The average Bonchev–Trinajstić information content (AvgIpc) is 2.61. The van der Waals surface area contributed by atoms with Gasteiger partial charge in [-0.1, -0.05) is 0 Å². The largest absolute Gasteiger partial charge is 0.381 e. The molecule has 0 aromatic carbocycles. The summed E-state index contributed by atoms with van der Waals surface area (Å²) in [4.78, 5) is 6.56. The lowest BCUT2D eigenvalue weighted by molar-refractivity contribution is 0.0449. The number of guanidine groups is 1. The van der Waals surface area contributed by atoms with Crippen LogP contribution in [0.4, 0.5) is 0 Å². The molecule has 1 fully saturated rings. The fourth-order valence-corrected chi connectivity index (χ4v) is 2.45. The molecule has 1 atom stereocenters. The molecule has 0 bridgehead atoms. The highest BCUT2D eigenvalue weighted by Gasteiger charge is 2.32. The van der Waals surface area contributed by atoms with E-state index in [1.165, 1.54) is 0 Å². The first kappa shape index (κ1) is 9.77. The van der Waals surface area contributed by atoms with E-state index >= 15 is 0 Å². The van der Waals surface area contributed by atoms with E-state index in [2.05, 4.69) is 16.8 Å². The van der Waals surface area contributed by atoms with E-state index in [1.54, 1.807) is 0 Å². The van der Waals surface area contributed by atoms with E-state index in [0.717, 1.165) is 45.1 Å². The third-order valence-corrected chi connectivity index (χ3v) is 3.29. The molecule has 2 heterocycles. The van der Waals surface area contributed by atoms with Crippen molar-refractivity contribution in [3.63, 3.8) is 0 Å². The summed E-state index contributed by atoms with van der Waals surface area (Å²) in [5.74, 6) is 1.44. The summed E-state index contributed by atoms with van der Waals surface area (Å²) >= 11 is 0. The van der Waals surface area contributed by atoms with Crippen molar-refractivity contribution >= 4 is 5.96 Å². The third kappa shape index (κ3) is 1.71. The summed E-state index contributed by atoms with van der Waals surface area (Å²) in [5, 5.41) is 0. The Morgan fingerprint density at radius 3 is 2.86 bits per heavy atom. The fraction of sp³-hybridized carbons (Fsp3) is 0.900. The van der Waals surface area contributed by atoms with Crippen LogP contribution in [0, 0.1) is 5.92 Å². The molecule has 0 aromatic heterocycles. The Bertz CT molecular complexity index is 223. The molecule has 0 amide bonds. The van der Waals surface area contributed by atoms with E-state index in [0.29, 0.717) is 12.0 Å². The first-order chi connectivity index (χ1) is 6.83. The van der Waals surface area contributed by atoms with Crippen molar-refractivity contribution in [3.05, 3.63) is 0 Å². The van der Waals surface area contributed by atoms with Gasteiger partial charge in [0.15, 0.2) is 5.96 Å². The van der Waals surface area contributed by atoms with Crippen LogP contribution in [0.25, 0.3) is 0 Å². The van der Waals surface area contributed by atoms with Gasteiger partial charge >= 0.3 is 0 Å². The van der Waals surface area contributed by atoms with E-state index < -0.39 is 0 Å². The number of nitrogens with zero attached hydrogens (tertiary/aromatic N) is 2. The minimum atomic E-state index is 0.531. The molecule has 0 radical (unpaired) electrons. The monoisotopic (exact) mass is 197 g/mol. The Morgan fingerprint density at radius 1 is 1.50 bits per heavy atom. The zero-order chi connectivity index (χ0) is 9.97. The number of hydrogen-bond acceptors (Lipinski definition) is 4. The van der Waals surface area contributed by atoms with Crippen LogP contribution in [0.3, 0.4) is 0 Å². The molecule has 14 heavy (non-hydrogen) atoms. The summed E-state index contributed by atoms with van der Waals surface area (Å²) < 4.78 is 5.37. The topological polar surface area (TPSA) is 50.8 Å². The molecular formula is C10H19N3O. The molecule has 1 unspecified atom stereocenters. The standard InChI is InChI=1S/C10H19N3O/c1-2-13-9(7-12-10(13)11)8-3-5-14-6-4-8/h8-9H,2-7H2,1H3,(H2,11,12). The van der Waals surface area contributed by atoms with Crippen LogP contribution in [0.5, 0.6) is 0 Å². The molecule has 1 saturated heterocycles. The Hall–Kier alpha value is -0.770. The molecule has 4 nitrogen and oxygen atoms in total. The van der Waals surface area contributed by atoms with Gasteiger partial charge in [-0.05, 0) is 25.7 Å². The maximum atomic E-state index is 5.83. The molecule has 0 spiro atoms. The van der Waals surface area contributed by atoms with Crippen molar-refractivity contribution in [1.82, 2.24) is 4.90 Å². The number of likely N-dealkylation sites (N-methyl/N-ethyl adjacent to an activating group) is 1. The molecule has 0 saturated carbocycles. The van der Waals surface area contributed by atoms with Crippen LogP contribution in [0.2, 0.25) is 0 Å². The summed E-state index contributed by atoms with van der Waals surface area (Å²) in [7, 11) is 0. The maximum Gasteiger partial charge on any atom is 0.191 e. The van der Waals surface area contributed by atoms with Crippen LogP contribution >= 0.6 is 0 Å². The molecule has 2 aliphatic rings. The van der Waals surface area contributed by atoms with E-state index in [4.69, 9.17) is 10.5 Å². The first-order valence-corrected chi connectivity index (χ1v) is 5.47. The van der Waals surface area contributed by atoms with Gasteiger partial charge in [-0.25, -0.2) is 0 Å². The summed E-state index contributed by atoms with van der Waals surface area (Å²) in [5.41, 5.74) is 5.83. The van der Waals surface area contributed by atoms with Gasteiger partial charge in [0.1, 0.15) is 0 Å². The molecule has 2 N–H and O–H groups in total. The number of rotatable bonds is 2. The highest BCUT2D eigenvalue weighted by Crippen LogP contribution is 2.25. The van der Waals surface area contributed by atoms with Gasteiger partial charge in [-0.3, -0.25) is 4.99 Å². The minimum Gasteiger partial charge on any atom is -0.381 e. The highest BCUT2D eigenvalue weighted by atomic mass is 16.5. The van der Waals surface area contributed by atoms with Crippen molar-refractivity contribution < 1.29 is 4.74 Å². The van der Waals surface area contributed by atoms with Crippen molar-refractivity contribution in [2.45, 2.75) is 25.8 Å². The number of nitrogens with two attached hydrogens (primary N) is 1. The average molecular weight is 197 g/mol. The molecular weight excluding hydrogens is 178 g/mol. The van der Waals surface area contributed by atoms with Crippen molar-refractivity contribution in [2.24, 2.45) is 16.6 Å².